The van der Waals surface area contributed by atoms with E-state index in [1.165, 1.54) is 23.7 Å². The number of anilines is 1. The van der Waals surface area contributed by atoms with Crippen LogP contribution in [-0.4, -0.2) is 56.9 Å². The molecular formula is C19H35N5OS. The van der Waals surface area contributed by atoms with Crippen LogP contribution in [0.5, 0.6) is 0 Å². The Hall–Kier alpha value is -1.34. The fourth-order valence-electron chi connectivity index (χ4n) is 2.79. The largest absolute Gasteiger partial charge is 0.381 e. The fourth-order valence-corrected chi connectivity index (χ4v) is 3.71. The topological polar surface area (TPSA) is 61.8 Å². The number of aliphatic imine (C=N–C) groups is 1. The summed E-state index contributed by atoms with van der Waals surface area (Å²) in [6.07, 6.45) is 4.46. The van der Waals surface area contributed by atoms with Crippen LogP contribution in [0.4, 0.5) is 5.13 Å². The van der Waals surface area contributed by atoms with Crippen LogP contribution in [0.2, 0.25) is 0 Å². The van der Waals surface area contributed by atoms with Crippen LogP contribution in [-0.2, 0) is 11.2 Å². The maximum absolute atomic E-state index is 5.60. The van der Waals surface area contributed by atoms with Gasteiger partial charge < -0.3 is 20.3 Å². The highest BCUT2D eigenvalue weighted by Gasteiger charge is 2.15. The van der Waals surface area contributed by atoms with E-state index in [9.17, 15) is 0 Å². The first kappa shape index (κ1) is 21.0. The average Bonchev–Trinajstić information content (AvgIpc) is 3.28. The number of rotatable bonds is 11. The van der Waals surface area contributed by atoms with E-state index < -0.39 is 0 Å². The number of thiazole rings is 1. The van der Waals surface area contributed by atoms with E-state index in [1.807, 2.05) is 0 Å². The molecule has 2 heterocycles. The summed E-state index contributed by atoms with van der Waals surface area (Å²) in [5.74, 6) is 1.47. The molecule has 6 nitrogen and oxygen atoms in total. The first-order valence-corrected chi connectivity index (χ1v) is 10.9. The molecule has 0 spiro atoms. The Morgan fingerprint density at radius 3 is 2.88 bits per heavy atom. The predicted octanol–water partition coefficient (Wildman–Crippen LogP) is 2.90. The molecule has 1 fully saturated rings. The van der Waals surface area contributed by atoms with Crippen molar-refractivity contribution in [3.63, 3.8) is 0 Å². The molecule has 1 aromatic heterocycles. The van der Waals surface area contributed by atoms with Gasteiger partial charge in [-0.1, -0.05) is 13.8 Å². The highest BCUT2D eigenvalue weighted by atomic mass is 32.1. The quantitative estimate of drug-likeness (QED) is 0.351. The number of hydrogen-bond donors (Lipinski definition) is 2. The van der Waals surface area contributed by atoms with Gasteiger partial charge in [-0.05, 0) is 32.1 Å². The summed E-state index contributed by atoms with van der Waals surface area (Å²) >= 11 is 1.77. The molecule has 1 aliphatic rings. The average molecular weight is 382 g/mol. The Morgan fingerprint density at radius 1 is 1.35 bits per heavy atom. The SMILES string of the molecule is CCNC(=NCCCOCC(C)C)NCCc1csc(N2CCCC2)n1. The van der Waals surface area contributed by atoms with E-state index >= 15 is 0 Å². The highest BCUT2D eigenvalue weighted by molar-refractivity contribution is 7.13. The first-order valence-electron chi connectivity index (χ1n) is 9.98. The van der Waals surface area contributed by atoms with Crippen LogP contribution in [0, 0.1) is 5.92 Å². The van der Waals surface area contributed by atoms with Crippen LogP contribution in [0.1, 0.15) is 45.7 Å². The van der Waals surface area contributed by atoms with Gasteiger partial charge >= 0.3 is 0 Å². The zero-order chi connectivity index (χ0) is 18.6. The minimum Gasteiger partial charge on any atom is -0.381 e. The summed E-state index contributed by atoms with van der Waals surface area (Å²) in [6, 6.07) is 0. The van der Waals surface area contributed by atoms with Crippen molar-refractivity contribution in [2.24, 2.45) is 10.9 Å². The first-order chi connectivity index (χ1) is 12.7. The second kappa shape index (κ2) is 12.1. The van der Waals surface area contributed by atoms with Gasteiger partial charge in [-0.15, -0.1) is 11.3 Å². The molecule has 0 atom stereocenters. The van der Waals surface area contributed by atoms with Gasteiger partial charge in [-0.2, -0.15) is 0 Å². The molecule has 0 bridgehead atoms. The lowest BCUT2D eigenvalue weighted by Gasteiger charge is -2.12. The summed E-state index contributed by atoms with van der Waals surface area (Å²) in [4.78, 5) is 11.8. The fraction of sp³-hybridized carbons (Fsp3) is 0.789. The number of hydrogen-bond acceptors (Lipinski definition) is 5. The normalized spacial score (nSPS) is 15.1. The Labute approximate surface area is 162 Å². The minimum atomic E-state index is 0.592. The van der Waals surface area contributed by atoms with Gasteiger partial charge in [0.15, 0.2) is 11.1 Å². The van der Waals surface area contributed by atoms with E-state index in [4.69, 9.17) is 9.72 Å². The number of nitrogens with zero attached hydrogens (tertiary/aromatic N) is 3. The molecule has 2 N–H and O–H groups in total. The van der Waals surface area contributed by atoms with Crippen LogP contribution in [0.3, 0.4) is 0 Å². The molecule has 1 saturated heterocycles. The number of aromatic nitrogens is 1. The van der Waals surface area contributed by atoms with Crippen LogP contribution in [0.25, 0.3) is 0 Å². The summed E-state index contributed by atoms with van der Waals surface area (Å²) in [7, 11) is 0. The highest BCUT2D eigenvalue weighted by Crippen LogP contribution is 2.24. The van der Waals surface area contributed by atoms with Crippen molar-refractivity contribution in [2.75, 3.05) is 50.8 Å². The summed E-state index contributed by atoms with van der Waals surface area (Å²) in [6.45, 7) is 12.8. The van der Waals surface area contributed by atoms with Crippen LogP contribution in [0.15, 0.2) is 10.4 Å². The van der Waals surface area contributed by atoms with Gasteiger partial charge in [-0.25, -0.2) is 4.98 Å². The molecule has 1 aromatic rings. The molecule has 0 saturated carbocycles. The second-order valence-corrected chi connectivity index (χ2v) is 7.91. The third-order valence-corrected chi connectivity index (χ3v) is 5.05. The molecular weight excluding hydrogens is 346 g/mol. The Morgan fingerprint density at radius 2 is 2.15 bits per heavy atom. The van der Waals surface area contributed by atoms with E-state index in [0.29, 0.717) is 5.92 Å². The van der Waals surface area contributed by atoms with E-state index in [1.54, 1.807) is 11.3 Å². The zero-order valence-electron chi connectivity index (χ0n) is 16.6. The molecule has 0 aliphatic carbocycles. The van der Waals surface area contributed by atoms with Crippen molar-refractivity contribution in [3.8, 4) is 0 Å². The molecule has 2 rings (SSSR count). The number of guanidine groups is 1. The van der Waals surface area contributed by atoms with Crippen molar-refractivity contribution < 1.29 is 4.74 Å². The smallest absolute Gasteiger partial charge is 0.191 e. The van der Waals surface area contributed by atoms with Crippen molar-refractivity contribution >= 4 is 22.4 Å². The summed E-state index contributed by atoms with van der Waals surface area (Å²) in [5, 5.41) is 10.1. The van der Waals surface area contributed by atoms with Gasteiger partial charge in [-0.3, -0.25) is 4.99 Å². The van der Waals surface area contributed by atoms with Crippen molar-refractivity contribution in [1.29, 1.82) is 0 Å². The van der Waals surface area contributed by atoms with Gasteiger partial charge in [0.1, 0.15) is 0 Å². The van der Waals surface area contributed by atoms with Gasteiger partial charge in [0, 0.05) is 57.7 Å². The lowest BCUT2D eigenvalue weighted by molar-refractivity contribution is 0.109. The van der Waals surface area contributed by atoms with Gasteiger partial charge in [0.2, 0.25) is 0 Å². The third kappa shape index (κ3) is 7.91. The van der Waals surface area contributed by atoms with Crippen LogP contribution >= 0.6 is 11.3 Å². The Kier molecular flexibility index (Phi) is 9.77. The Balaban J connectivity index is 1.66. The van der Waals surface area contributed by atoms with Crippen molar-refractivity contribution in [1.82, 2.24) is 15.6 Å². The zero-order valence-corrected chi connectivity index (χ0v) is 17.4. The molecule has 0 radical (unpaired) electrons. The predicted molar refractivity (Wildman–Crippen MR) is 112 cm³/mol. The number of nitrogens with one attached hydrogen (secondary N) is 2. The molecule has 0 unspecified atom stereocenters. The third-order valence-electron chi connectivity index (χ3n) is 4.10. The van der Waals surface area contributed by atoms with E-state index in [0.717, 1.165) is 64.7 Å². The molecule has 7 heteroatoms. The maximum atomic E-state index is 5.60. The lowest BCUT2D eigenvalue weighted by atomic mass is 10.2. The summed E-state index contributed by atoms with van der Waals surface area (Å²) in [5.41, 5.74) is 1.17. The van der Waals surface area contributed by atoms with Gasteiger partial charge in [0.25, 0.3) is 0 Å². The lowest BCUT2D eigenvalue weighted by Crippen LogP contribution is -2.38. The molecule has 26 heavy (non-hydrogen) atoms. The minimum absolute atomic E-state index is 0.592. The molecule has 0 aromatic carbocycles. The maximum Gasteiger partial charge on any atom is 0.191 e. The Bertz CT molecular complexity index is 526. The molecule has 1 aliphatic heterocycles. The van der Waals surface area contributed by atoms with Crippen molar-refractivity contribution in [2.45, 2.75) is 46.5 Å². The standard InChI is InChI=1S/C19H35N5OS/c1-4-20-18(21-9-7-13-25-14-16(2)3)22-10-8-17-15-26-19(23-17)24-11-5-6-12-24/h15-16H,4-14H2,1-3H3,(H2,20,21,22). The summed E-state index contributed by atoms with van der Waals surface area (Å²) < 4.78 is 5.60. The van der Waals surface area contributed by atoms with Gasteiger partial charge in [0.05, 0.1) is 5.69 Å². The van der Waals surface area contributed by atoms with E-state index in [2.05, 4.69) is 46.7 Å². The number of ether oxygens (including phenoxy) is 1. The molecule has 148 valence electrons. The van der Waals surface area contributed by atoms with E-state index in [-0.39, 0.29) is 0 Å². The second-order valence-electron chi connectivity index (χ2n) is 7.08. The molecule has 0 amide bonds. The van der Waals surface area contributed by atoms with Crippen LogP contribution < -0.4 is 15.5 Å². The monoisotopic (exact) mass is 381 g/mol. The van der Waals surface area contributed by atoms with Crippen molar-refractivity contribution in [3.05, 3.63) is 11.1 Å².